The van der Waals surface area contributed by atoms with Gasteiger partial charge in [-0.1, -0.05) is 34.9 Å². The first-order valence-corrected chi connectivity index (χ1v) is 10.1. The summed E-state index contributed by atoms with van der Waals surface area (Å²) in [4.78, 5) is 5.76. The average Bonchev–Trinajstić information content (AvgIpc) is 3.02. The molecule has 0 saturated heterocycles. The van der Waals surface area contributed by atoms with Gasteiger partial charge in [-0.25, -0.2) is 14.6 Å². The Hall–Kier alpha value is -2.74. The van der Waals surface area contributed by atoms with Crippen molar-refractivity contribution in [1.29, 1.82) is 0 Å². The Kier molecular flexibility index (Phi) is 6.94. The fourth-order valence-electron chi connectivity index (χ4n) is 2.93. The Labute approximate surface area is 200 Å². The largest absolute Gasteiger partial charge is 0.451 e. The third kappa shape index (κ3) is 5.58. The smallest absolute Gasteiger partial charge is 0.366 e. The Morgan fingerprint density at radius 2 is 1.49 bits per heavy atom. The van der Waals surface area contributed by atoms with Crippen LogP contribution in [0.5, 0.6) is 0 Å². The van der Waals surface area contributed by atoms with Gasteiger partial charge in [-0.05, 0) is 26.0 Å². The van der Waals surface area contributed by atoms with Crippen molar-refractivity contribution in [3.63, 3.8) is 0 Å². The van der Waals surface area contributed by atoms with Crippen LogP contribution in [0.2, 0.25) is 10.0 Å². The Morgan fingerprint density at radius 3 is 1.94 bits per heavy atom. The van der Waals surface area contributed by atoms with Crippen molar-refractivity contribution in [3.8, 4) is 5.69 Å². The fourth-order valence-corrected chi connectivity index (χ4v) is 3.58. The molecule has 2 aromatic heterocycles. The maximum Gasteiger partial charge on any atom is 0.451 e. The molecule has 35 heavy (non-hydrogen) atoms. The molecule has 5 nitrogen and oxygen atoms in total. The number of anilines is 1. The number of rotatable bonds is 4. The molecule has 190 valence electrons. The van der Waals surface area contributed by atoms with Crippen LogP contribution in [-0.2, 0) is 18.5 Å². The Morgan fingerprint density at radius 1 is 0.914 bits per heavy atom. The minimum Gasteiger partial charge on any atom is -0.366 e. The van der Waals surface area contributed by atoms with Crippen LogP contribution in [-0.4, -0.2) is 26.3 Å². The molecule has 16 heteroatoms. The molecule has 0 fully saturated rings. The molecule has 0 radical (unpaired) electrons. The zero-order valence-corrected chi connectivity index (χ0v) is 18.9. The third-order valence-corrected chi connectivity index (χ3v) is 4.97. The minimum absolute atomic E-state index is 0.142. The molecule has 0 spiro atoms. The van der Waals surface area contributed by atoms with Crippen molar-refractivity contribution in [2.45, 2.75) is 32.4 Å². The highest BCUT2D eigenvalue weighted by Crippen LogP contribution is 2.43. The predicted molar refractivity (Wildman–Crippen MR) is 110 cm³/mol. The number of aromatic nitrogens is 4. The minimum atomic E-state index is -5.38. The van der Waals surface area contributed by atoms with Crippen LogP contribution in [0, 0.1) is 0 Å². The van der Waals surface area contributed by atoms with Crippen LogP contribution in [0.4, 0.5) is 45.3 Å². The monoisotopic (exact) mass is 551 g/mol. The topological polar surface area (TPSA) is 55.6 Å². The van der Waals surface area contributed by atoms with Gasteiger partial charge in [-0.3, -0.25) is 0 Å². The van der Waals surface area contributed by atoms with E-state index in [0.29, 0.717) is 16.8 Å². The molecular formula is C19H12Cl2F9N5. The van der Waals surface area contributed by atoms with Crippen LogP contribution >= 0.6 is 23.2 Å². The Balaban J connectivity index is 2.42. The van der Waals surface area contributed by atoms with Crippen molar-refractivity contribution in [2.75, 3.05) is 11.9 Å². The van der Waals surface area contributed by atoms with Gasteiger partial charge in [0.2, 0.25) is 5.82 Å². The second-order valence-electron chi connectivity index (χ2n) is 7.30. The number of hydrogen-bond donors (Lipinski definition) is 1. The van der Waals surface area contributed by atoms with Crippen LogP contribution in [0.1, 0.15) is 30.9 Å². The van der Waals surface area contributed by atoms with E-state index in [1.807, 2.05) is 0 Å². The fraction of sp³-hybridized carbons (Fsp3) is 0.316. The average molecular weight is 552 g/mol. The summed E-state index contributed by atoms with van der Waals surface area (Å²) >= 11 is 11.9. The second-order valence-corrected chi connectivity index (χ2v) is 8.11. The second kappa shape index (κ2) is 9.04. The lowest BCUT2D eigenvalue weighted by molar-refractivity contribution is -0.151. The first-order chi connectivity index (χ1) is 15.9. The lowest BCUT2D eigenvalue weighted by Gasteiger charge is -2.15. The summed E-state index contributed by atoms with van der Waals surface area (Å²) < 4.78 is 121. The van der Waals surface area contributed by atoms with Crippen molar-refractivity contribution < 1.29 is 39.5 Å². The number of hydrogen-bond acceptors (Lipinski definition) is 4. The van der Waals surface area contributed by atoms with E-state index in [-0.39, 0.29) is 6.54 Å². The van der Waals surface area contributed by atoms with Gasteiger partial charge < -0.3 is 5.32 Å². The maximum atomic E-state index is 13.8. The summed E-state index contributed by atoms with van der Waals surface area (Å²) in [6.07, 6.45) is -14.1. The number of allylic oxidation sites excluding steroid dienone is 1. The molecule has 0 atom stereocenters. The van der Waals surface area contributed by atoms with E-state index in [2.05, 4.69) is 20.4 Å². The quantitative estimate of drug-likeness (QED) is 0.268. The molecule has 0 aliphatic rings. The number of halogens is 11. The molecular weight excluding hydrogens is 540 g/mol. The summed E-state index contributed by atoms with van der Waals surface area (Å²) in [5, 5.41) is 3.92. The molecule has 1 aromatic carbocycles. The van der Waals surface area contributed by atoms with Crippen molar-refractivity contribution in [1.82, 2.24) is 19.7 Å². The molecule has 0 aliphatic carbocycles. The van der Waals surface area contributed by atoms with Gasteiger partial charge in [0.1, 0.15) is 11.5 Å². The summed E-state index contributed by atoms with van der Waals surface area (Å²) in [6, 6.07) is 0.902. The van der Waals surface area contributed by atoms with Gasteiger partial charge in [0.25, 0.3) is 0 Å². The lowest BCUT2D eigenvalue weighted by atomic mass is 10.2. The maximum absolute atomic E-state index is 13.8. The van der Waals surface area contributed by atoms with Crippen LogP contribution < -0.4 is 5.32 Å². The normalized spacial score (nSPS) is 12.8. The van der Waals surface area contributed by atoms with Gasteiger partial charge in [-0.2, -0.15) is 39.5 Å². The molecule has 3 aromatic rings. The van der Waals surface area contributed by atoms with Gasteiger partial charge in [-0.15, -0.1) is 5.10 Å². The number of nitrogens with zero attached hydrogens (tertiary/aromatic N) is 4. The van der Waals surface area contributed by atoms with E-state index in [0.717, 1.165) is 5.57 Å². The molecule has 0 amide bonds. The number of alkyl halides is 9. The first-order valence-electron chi connectivity index (χ1n) is 9.30. The SMILES string of the molecule is CC(C)=CCNc1c2c(C(F)(F)F)nc(C(F)(F)F)nc2nn1-c1c(Cl)cc(C(F)(F)F)cc1Cl. The zero-order valence-electron chi connectivity index (χ0n) is 17.4. The molecule has 1 N–H and O–H groups in total. The van der Waals surface area contributed by atoms with E-state index in [4.69, 9.17) is 23.2 Å². The van der Waals surface area contributed by atoms with Crippen molar-refractivity contribution >= 4 is 40.1 Å². The van der Waals surface area contributed by atoms with Crippen LogP contribution in [0.15, 0.2) is 23.8 Å². The first kappa shape index (κ1) is 26.9. The predicted octanol–water partition coefficient (Wildman–Crippen LogP) is 7.56. The number of benzene rings is 1. The molecule has 0 unspecified atom stereocenters. The van der Waals surface area contributed by atoms with Crippen molar-refractivity contribution in [3.05, 3.63) is 50.9 Å². The van der Waals surface area contributed by atoms with E-state index >= 15 is 0 Å². The summed E-state index contributed by atoms with van der Waals surface area (Å²) in [6.45, 7) is 3.19. The highest BCUT2D eigenvalue weighted by Gasteiger charge is 2.43. The Bertz CT molecular complexity index is 1280. The molecule has 0 bridgehead atoms. The summed E-state index contributed by atoms with van der Waals surface area (Å²) in [5.41, 5.74) is -4.04. The van der Waals surface area contributed by atoms with E-state index in [1.165, 1.54) is 6.08 Å². The summed E-state index contributed by atoms with van der Waals surface area (Å²) in [5.74, 6) is -2.69. The van der Waals surface area contributed by atoms with Gasteiger partial charge in [0.15, 0.2) is 11.3 Å². The standard InChI is InChI=1S/C19H12Cl2F9N5/c1-7(2)3-4-31-15-11-13(18(25,26)27)32-16(19(28,29)30)33-14(11)34-35(15)12-9(20)5-8(6-10(12)21)17(22,23)24/h3,5-6,31H,4H2,1-2H3. The van der Waals surface area contributed by atoms with Crippen LogP contribution in [0.3, 0.4) is 0 Å². The summed E-state index contributed by atoms with van der Waals surface area (Å²) in [7, 11) is 0. The highest BCUT2D eigenvalue weighted by atomic mass is 35.5. The van der Waals surface area contributed by atoms with Crippen LogP contribution in [0.25, 0.3) is 16.7 Å². The number of nitrogens with one attached hydrogen (secondary N) is 1. The van der Waals surface area contributed by atoms with Gasteiger partial charge in [0.05, 0.1) is 21.0 Å². The number of fused-ring (bicyclic) bond motifs is 1. The lowest BCUT2D eigenvalue weighted by Crippen LogP contribution is -2.18. The van der Waals surface area contributed by atoms with E-state index < -0.39 is 68.2 Å². The highest BCUT2D eigenvalue weighted by molar-refractivity contribution is 6.38. The van der Waals surface area contributed by atoms with Crippen molar-refractivity contribution in [2.24, 2.45) is 0 Å². The van der Waals surface area contributed by atoms with E-state index in [9.17, 15) is 39.5 Å². The third-order valence-electron chi connectivity index (χ3n) is 4.39. The molecule has 3 rings (SSSR count). The molecule has 2 heterocycles. The van der Waals surface area contributed by atoms with Gasteiger partial charge in [0, 0.05) is 6.54 Å². The van der Waals surface area contributed by atoms with Gasteiger partial charge >= 0.3 is 18.5 Å². The zero-order chi connectivity index (χ0) is 26.5. The molecule has 0 aliphatic heterocycles. The molecule has 0 saturated carbocycles. The van der Waals surface area contributed by atoms with E-state index in [1.54, 1.807) is 13.8 Å².